The zero-order chi connectivity index (χ0) is 22.7. The van der Waals surface area contributed by atoms with Crippen molar-refractivity contribution in [2.75, 3.05) is 31.2 Å². The third-order valence-electron chi connectivity index (χ3n) is 6.93. The normalized spacial score (nSPS) is 25.4. The fourth-order valence-corrected chi connectivity index (χ4v) is 5.25. The maximum atomic E-state index is 13.3. The van der Waals surface area contributed by atoms with Crippen LogP contribution in [0.2, 0.25) is 0 Å². The molecule has 1 aromatic rings. The molecule has 0 amide bonds. The van der Waals surface area contributed by atoms with Crippen LogP contribution in [0.5, 0.6) is 0 Å². The molecule has 6 heteroatoms. The van der Waals surface area contributed by atoms with Gasteiger partial charge in [-0.15, -0.1) is 0 Å². The van der Waals surface area contributed by atoms with Crippen LogP contribution in [0.4, 0.5) is 5.69 Å². The van der Waals surface area contributed by atoms with E-state index in [1.54, 1.807) is 0 Å². The Morgan fingerprint density at radius 1 is 1.12 bits per heavy atom. The number of aliphatic imine (C=N–C) groups is 1. The van der Waals surface area contributed by atoms with E-state index in [4.69, 9.17) is 14.5 Å². The highest BCUT2D eigenvalue weighted by Gasteiger charge is 2.43. The number of rotatable bonds is 7. The SMILES string of the molecule is CCN(CC)c1ccc([C@H]2C(C(=O)OC[C@H]3CCCO3)=C(C)N=C3CCCC(=O)C32)cc1. The van der Waals surface area contributed by atoms with Crippen molar-refractivity contribution in [3.63, 3.8) is 0 Å². The molecule has 172 valence electrons. The van der Waals surface area contributed by atoms with Gasteiger partial charge in [0.1, 0.15) is 12.4 Å². The average molecular weight is 439 g/mol. The summed E-state index contributed by atoms with van der Waals surface area (Å²) in [6, 6.07) is 8.30. The first kappa shape index (κ1) is 22.7. The lowest BCUT2D eigenvalue weighted by Crippen LogP contribution is -2.39. The molecule has 0 bridgehead atoms. The third kappa shape index (κ3) is 4.51. The summed E-state index contributed by atoms with van der Waals surface area (Å²) < 4.78 is 11.3. The van der Waals surface area contributed by atoms with Crippen LogP contribution in [-0.2, 0) is 19.1 Å². The average Bonchev–Trinajstić information content (AvgIpc) is 3.32. The first-order chi connectivity index (χ1) is 15.5. The maximum absolute atomic E-state index is 13.3. The molecule has 1 aliphatic carbocycles. The molecular formula is C26H34N2O4. The Balaban J connectivity index is 1.67. The summed E-state index contributed by atoms with van der Waals surface area (Å²) in [5.74, 6) is -0.933. The molecule has 0 aromatic heterocycles. The Hall–Kier alpha value is -2.47. The number of hydrogen-bond donors (Lipinski definition) is 0. The Bertz CT molecular complexity index is 908. The van der Waals surface area contributed by atoms with Crippen LogP contribution >= 0.6 is 0 Å². The van der Waals surface area contributed by atoms with Crippen molar-refractivity contribution in [3.8, 4) is 0 Å². The van der Waals surface area contributed by atoms with Gasteiger partial charge in [0.15, 0.2) is 0 Å². The minimum absolute atomic E-state index is 0.0365. The number of Topliss-reactive ketones (excluding diaryl/α,β-unsaturated/α-hetero) is 1. The fourth-order valence-electron chi connectivity index (χ4n) is 5.25. The van der Waals surface area contributed by atoms with E-state index < -0.39 is 0 Å². The second kappa shape index (κ2) is 9.99. The highest BCUT2D eigenvalue weighted by Crippen LogP contribution is 2.43. The topological polar surface area (TPSA) is 68.2 Å². The van der Waals surface area contributed by atoms with Crippen molar-refractivity contribution in [2.45, 2.75) is 64.9 Å². The predicted octanol–water partition coefficient (Wildman–Crippen LogP) is 4.44. The molecule has 3 aliphatic rings. The summed E-state index contributed by atoms with van der Waals surface area (Å²) in [6.07, 6.45) is 4.04. The van der Waals surface area contributed by atoms with Gasteiger partial charge in [-0.05, 0) is 64.2 Å². The quantitative estimate of drug-likeness (QED) is 0.589. The van der Waals surface area contributed by atoms with Gasteiger partial charge in [-0.1, -0.05) is 12.1 Å². The minimum Gasteiger partial charge on any atom is -0.460 e. The van der Waals surface area contributed by atoms with Crippen molar-refractivity contribution in [3.05, 3.63) is 41.1 Å². The van der Waals surface area contributed by atoms with E-state index in [0.29, 0.717) is 17.7 Å². The molecule has 0 spiro atoms. The van der Waals surface area contributed by atoms with Gasteiger partial charge in [0.2, 0.25) is 0 Å². The number of carbonyl (C=O) groups excluding carboxylic acids is 2. The van der Waals surface area contributed by atoms with E-state index in [0.717, 1.165) is 62.3 Å². The summed E-state index contributed by atoms with van der Waals surface area (Å²) in [4.78, 5) is 33.3. The first-order valence-electron chi connectivity index (χ1n) is 12.0. The number of benzene rings is 1. The number of fused-ring (bicyclic) bond motifs is 1. The molecule has 1 saturated carbocycles. The van der Waals surface area contributed by atoms with Gasteiger partial charge < -0.3 is 14.4 Å². The molecule has 32 heavy (non-hydrogen) atoms. The fraction of sp³-hybridized carbons (Fsp3) is 0.577. The molecule has 2 heterocycles. The van der Waals surface area contributed by atoms with Crippen molar-refractivity contribution < 1.29 is 19.1 Å². The van der Waals surface area contributed by atoms with Gasteiger partial charge >= 0.3 is 5.97 Å². The number of allylic oxidation sites excluding steroid dienone is 1. The van der Waals surface area contributed by atoms with Crippen molar-refractivity contribution in [2.24, 2.45) is 10.9 Å². The zero-order valence-corrected chi connectivity index (χ0v) is 19.4. The number of hydrogen-bond acceptors (Lipinski definition) is 6. The number of nitrogens with zero attached hydrogens (tertiary/aromatic N) is 2. The summed E-state index contributed by atoms with van der Waals surface area (Å²) in [5.41, 5.74) is 4.20. The van der Waals surface area contributed by atoms with Crippen LogP contribution in [-0.4, -0.2) is 49.9 Å². The van der Waals surface area contributed by atoms with Crippen LogP contribution in [0.25, 0.3) is 0 Å². The van der Waals surface area contributed by atoms with Crippen molar-refractivity contribution in [1.82, 2.24) is 0 Å². The largest absolute Gasteiger partial charge is 0.460 e. The predicted molar refractivity (Wildman–Crippen MR) is 125 cm³/mol. The molecule has 6 nitrogen and oxygen atoms in total. The molecule has 0 radical (unpaired) electrons. The number of esters is 1. The van der Waals surface area contributed by atoms with Crippen LogP contribution in [0.15, 0.2) is 40.5 Å². The second-order valence-corrected chi connectivity index (χ2v) is 8.87. The highest BCUT2D eigenvalue weighted by molar-refractivity contribution is 6.11. The Morgan fingerprint density at radius 2 is 1.88 bits per heavy atom. The van der Waals surface area contributed by atoms with Gasteiger partial charge in [-0.25, -0.2) is 4.79 Å². The monoisotopic (exact) mass is 438 g/mol. The molecule has 1 unspecified atom stereocenters. The summed E-state index contributed by atoms with van der Waals surface area (Å²) >= 11 is 0. The molecule has 2 aliphatic heterocycles. The summed E-state index contributed by atoms with van der Waals surface area (Å²) in [7, 11) is 0. The Labute approximate surface area is 190 Å². The van der Waals surface area contributed by atoms with E-state index in [1.165, 1.54) is 0 Å². The highest BCUT2D eigenvalue weighted by atomic mass is 16.6. The number of ketones is 1. The minimum atomic E-state index is -0.378. The second-order valence-electron chi connectivity index (χ2n) is 8.87. The number of carbonyl (C=O) groups is 2. The van der Waals surface area contributed by atoms with Gasteiger partial charge in [-0.2, -0.15) is 0 Å². The molecule has 2 fully saturated rings. The molecule has 1 aromatic carbocycles. The van der Waals surface area contributed by atoms with Crippen molar-refractivity contribution >= 4 is 23.2 Å². The van der Waals surface area contributed by atoms with Crippen LogP contribution in [0.3, 0.4) is 0 Å². The number of ether oxygens (including phenoxy) is 2. The maximum Gasteiger partial charge on any atom is 0.336 e. The zero-order valence-electron chi connectivity index (χ0n) is 19.4. The van der Waals surface area contributed by atoms with Crippen LogP contribution in [0, 0.1) is 5.92 Å². The van der Waals surface area contributed by atoms with E-state index in [9.17, 15) is 9.59 Å². The van der Waals surface area contributed by atoms with E-state index in [2.05, 4.69) is 43.0 Å². The van der Waals surface area contributed by atoms with Gasteiger partial charge in [0.25, 0.3) is 0 Å². The van der Waals surface area contributed by atoms with Gasteiger partial charge in [-0.3, -0.25) is 9.79 Å². The smallest absolute Gasteiger partial charge is 0.336 e. The van der Waals surface area contributed by atoms with Crippen molar-refractivity contribution in [1.29, 1.82) is 0 Å². The standard InChI is InChI=1S/C26H34N2O4/c1-4-28(5-2)19-13-11-18(12-14-19)24-23(26(30)32-16-20-8-7-15-31-20)17(3)27-21-9-6-10-22(29)25(21)24/h11-14,20,24-25H,4-10,15-16H2,1-3H3/t20-,24+,25?/m1/s1. The lowest BCUT2D eigenvalue weighted by Gasteiger charge is -2.36. The molecule has 4 rings (SSSR count). The lowest BCUT2D eigenvalue weighted by atomic mass is 9.69. The Morgan fingerprint density at radius 3 is 2.53 bits per heavy atom. The summed E-state index contributed by atoms with van der Waals surface area (Å²) in [5, 5.41) is 0. The molecule has 1 saturated heterocycles. The Kier molecular flexibility index (Phi) is 7.09. The van der Waals surface area contributed by atoms with Gasteiger partial charge in [0.05, 0.1) is 17.6 Å². The van der Waals surface area contributed by atoms with E-state index in [-0.39, 0.29) is 36.3 Å². The van der Waals surface area contributed by atoms with Crippen LogP contribution in [0.1, 0.15) is 64.4 Å². The van der Waals surface area contributed by atoms with E-state index in [1.807, 2.05) is 6.92 Å². The summed E-state index contributed by atoms with van der Waals surface area (Å²) in [6.45, 7) is 8.96. The first-order valence-corrected chi connectivity index (χ1v) is 12.0. The molecular weight excluding hydrogens is 404 g/mol. The number of anilines is 1. The van der Waals surface area contributed by atoms with Crippen LogP contribution < -0.4 is 4.90 Å². The molecule has 3 atom stereocenters. The third-order valence-corrected chi connectivity index (χ3v) is 6.93. The lowest BCUT2D eigenvalue weighted by molar-refractivity contribution is -0.142. The van der Waals surface area contributed by atoms with E-state index >= 15 is 0 Å². The van der Waals surface area contributed by atoms with Gasteiger partial charge in [0, 0.05) is 49.1 Å². The molecule has 0 N–H and O–H groups in total.